The van der Waals surface area contributed by atoms with Crippen molar-refractivity contribution in [2.75, 3.05) is 12.4 Å². The second-order valence-electron chi connectivity index (χ2n) is 4.89. The maximum atomic E-state index is 11.8. The van der Waals surface area contributed by atoms with Crippen LogP contribution in [0.5, 0.6) is 0 Å². The van der Waals surface area contributed by atoms with Crippen molar-refractivity contribution in [3.63, 3.8) is 0 Å². The van der Waals surface area contributed by atoms with E-state index >= 15 is 0 Å². The first kappa shape index (κ1) is 16.1. The number of carbonyl (C=O) groups is 1. The number of nitrogens with one attached hydrogen (secondary N) is 1. The number of rotatable bonds is 8. The molecule has 4 heteroatoms. The molecule has 0 spiro atoms. The van der Waals surface area contributed by atoms with Crippen molar-refractivity contribution in [3.8, 4) is 0 Å². The lowest BCUT2D eigenvalue weighted by Gasteiger charge is -2.27. The second-order valence-corrected chi connectivity index (χ2v) is 6.05. The fourth-order valence-corrected chi connectivity index (χ4v) is 2.45. The summed E-state index contributed by atoms with van der Waals surface area (Å²) in [5.41, 5.74) is -0.482. The fourth-order valence-electron chi connectivity index (χ4n) is 1.58. The topological polar surface area (TPSA) is 49.3 Å². The van der Waals surface area contributed by atoms with Gasteiger partial charge in [-0.3, -0.25) is 4.79 Å². The highest BCUT2D eigenvalue weighted by molar-refractivity contribution is 7.99. The molecule has 0 radical (unpaired) electrons. The van der Waals surface area contributed by atoms with Gasteiger partial charge in [0.2, 0.25) is 5.91 Å². The summed E-state index contributed by atoms with van der Waals surface area (Å²) in [5.74, 6) is 0.950. The van der Waals surface area contributed by atoms with E-state index < -0.39 is 5.54 Å². The molecular formula is C15H23NO2S. The number of hydrogen-bond donors (Lipinski definition) is 2. The van der Waals surface area contributed by atoms with E-state index in [1.807, 2.05) is 32.0 Å². The largest absolute Gasteiger partial charge is 0.394 e. The summed E-state index contributed by atoms with van der Waals surface area (Å²) >= 11 is 1.76. The Morgan fingerprint density at radius 1 is 1.37 bits per heavy atom. The molecule has 2 N–H and O–H groups in total. The lowest BCUT2D eigenvalue weighted by Crippen LogP contribution is -2.48. The summed E-state index contributed by atoms with van der Waals surface area (Å²) in [5, 5.41) is 12.1. The van der Waals surface area contributed by atoms with E-state index in [0.717, 1.165) is 18.6 Å². The SMILES string of the molecule is CCC(C)(CO)NC(=O)CCCSc1ccccc1. The Bertz CT molecular complexity index is 377. The minimum Gasteiger partial charge on any atom is -0.394 e. The van der Waals surface area contributed by atoms with Crippen LogP contribution in [-0.2, 0) is 4.79 Å². The predicted molar refractivity (Wildman–Crippen MR) is 80.3 cm³/mol. The summed E-state index contributed by atoms with van der Waals surface area (Å²) in [7, 11) is 0. The number of carbonyl (C=O) groups excluding carboxylic acids is 1. The molecule has 1 unspecified atom stereocenters. The maximum absolute atomic E-state index is 11.8. The fraction of sp³-hybridized carbons (Fsp3) is 0.533. The number of hydrogen-bond acceptors (Lipinski definition) is 3. The molecule has 0 aliphatic rings. The van der Waals surface area contributed by atoms with Crippen molar-refractivity contribution < 1.29 is 9.90 Å². The molecular weight excluding hydrogens is 258 g/mol. The summed E-state index contributed by atoms with van der Waals surface area (Å²) in [6, 6.07) is 10.2. The summed E-state index contributed by atoms with van der Waals surface area (Å²) in [6.45, 7) is 3.80. The highest BCUT2D eigenvalue weighted by Gasteiger charge is 2.22. The number of aliphatic hydroxyl groups excluding tert-OH is 1. The van der Waals surface area contributed by atoms with Crippen LogP contribution >= 0.6 is 11.8 Å². The van der Waals surface area contributed by atoms with Crippen LogP contribution < -0.4 is 5.32 Å². The third kappa shape index (κ3) is 6.12. The Hall–Kier alpha value is -1.00. The van der Waals surface area contributed by atoms with E-state index in [2.05, 4.69) is 17.4 Å². The molecule has 1 rings (SSSR count). The summed E-state index contributed by atoms with van der Waals surface area (Å²) < 4.78 is 0. The van der Waals surface area contributed by atoms with Crippen LogP contribution in [-0.4, -0.2) is 28.9 Å². The van der Waals surface area contributed by atoms with Gasteiger partial charge in [-0.05, 0) is 37.7 Å². The molecule has 1 aromatic rings. The molecule has 1 amide bonds. The quantitative estimate of drug-likeness (QED) is 0.569. The van der Waals surface area contributed by atoms with Crippen molar-refractivity contribution in [2.24, 2.45) is 0 Å². The van der Waals surface area contributed by atoms with E-state index in [0.29, 0.717) is 6.42 Å². The van der Waals surface area contributed by atoms with Gasteiger partial charge in [-0.1, -0.05) is 25.1 Å². The minimum absolute atomic E-state index is 0.0198. The van der Waals surface area contributed by atoms with Gasteiger partial charge < -0.3 is 10.4 Å². The van der Waals surface area contributed by atoms with E-state index in [1.165, 1.54) is 4.90 Å². The number of amides is 1. The molecule has 1 aromatic carbocycles. The van der Waals surface area contributed by atoms with Gasteiger partial charge in [-0.2, -0.15) is 0 Å². The molecule has 19 heavy (non-hydrogen) atoms. The van der Waals surface area contributed by atoms with Crippen LogP contribution in [0.4, 0.5) is 0 Å². The molecule has 0 fully saturated rings. The smallest absolute Gasteiger partial charge is 0.220 e. The number of benzene rings is 1. The Balaban J connectivity index is 2.21. The third-order valence-corrected chi connectivity index (χ3v) is 4.23. The first-order valence-electron chi connectivity index (χ1n) is 6.69. The lowest BCUT2D eigenvalue weighted by atomic mass is 10.00. The Labute approximate surface area is 119 Å². The van der Waals surface area contributed by atoms with Crippen LogP contribution in [0, 0.1) is 0 Å². The molecule has 0 aromatic heterocycles. The van der Waals surface area contributed by atoms with Crippen LogP contribution in [0.25, 0.3) is 0 Å². The van der Waals surface area contributed by atoms with E-state index in [9.17, 15) is 9.90 Å². The van der Waals surface area contributed by atoms with Crippen molar-refractivity contribution in [2.45, 2.75) is 43.5 Å². The standard InChI is InChI=1S/C15H23NO2S/c1-3-15(2,12-17)16-14(18)10-7-11-19-13-8-5-4-6-9-13/h4-6,8-9,17H,3,7,10-12H2,1-2H3,(H,16,18). The van der Waals surface area contributed by atoms with E-state index in [-0.39, 0.29) is 12.5 Å². The van der Waals surface area contributed by atoms with Crippen LogP contribution in [0.15, 0.2) is 35.2 Å². The first-order chi connectivity index (χ1) is 9.09. The van der Waals surface area contributed by atoms with E-state index in [4.69, 9.17) is 0 Å². The normalized spacial score (nSPS) is 13.8. The monoisotopic (exact) mass is 281 g/mol. The molecule has 0 aliphatic heterocycles. The molecule has 0 bridgehead atoms. The third-order valence-electron chi connectivity index (χ3n) is 3.13. The van der Waals surface area contributed by atoms with Crippen LogP contribution in [0.3, 0.4) is 0 Å². The Kier molecular flexibility index (Phi) is 6.95. The molecule has 0 heterocycles. The summed E-state index contributed by atoms with van der Waals surface area (Å²) in [4.78, 5) is 13.0. The molecule has 0 saturated heterocycles. The maximum Gasteiger partial charge on any atom is 0.220 e. The van der Waals surface area contributed by atoms with Gasteiger partial charge in [0, 0.05) is 11.3 Å². The van der Waals surface area contributed by atoms with Crippen molar-refractivity contribution in [1.82, 2.24) is 5.32 Å². The average Bonchev–Trinajstić information content (AvgIpc) is 2.44. The highest BCUT2D eigenvalue weighted by atomic mass is 32.2. The first-order valence-corrected chi connectivity index (χ1v) is 7.68. The van der Waals surface area contributed by atoms with Gasteiger partial charge in [0.1, 0.15) is 0 Å². The number of aliphatic hydroxyl groups is 1. The van der Waals surface area contributed by atoms with Crippen molar-refractivity contribution >= 4 is 17.7 Å². The minimum atomic E-state index is -0.482. The zero-order valence-electron chi connectivity index (χ0n) is 11.7. The zero-order valence-corrected chi connectivity index (χ0v) is 12.5. The van der Waals surface area contributed by atoms with Crippen molar-refractivity contribution in [1.29, 1.82) is 0 Å². The van der Waals surface area contributed by atoms with E-state index in [1.54, 1.807) is 11.8 Å². The molecule has 3 nitrogen and oxygen atoms in total. The molecule has 0 saturated carbocycles. The van der Waals surface area contributed by atoms with Gasteiger partial charge in [-0.15, -0.1) is 11.8 Å². The van der Waals surface area contributed by atoms with Crippen molar-refractivity contribution in [3.05, 3.63) is 30.3 Å². The van der Waals surface area contributed by atoms with Gasteiger partial charge >= 0.3 is 0 Å². The lowest BCUT2D eigenvalue weighted by molar-refractivity contribution is -0.123. The molecule has 1 atom stereocenters. The Morgan fingerprint density at radius 2 is 2.05 bits per heavy atom. The molecule has 0 aliphatic carbocycles. The Morgan fingerprint density at radius 3 is 2.63 bits per heavy atom. The average molecular weight is 281 g/mol. The van der Waals surface area contributed by atoms with Gasteiger partial charge in [-0.25, -0.2) is 0 Å². The predicted octanol–water partition coefficient (Wildman–Crippen LogP) is 2.84. The van der Waals surface area contributed by atoms with Gasteiger partial charge in [0.05, 0.1) is 12.1 Å². The summed E-state index contributed by atoms with van der Waals surface area (Å²) in [6.07, 6.45) is 2.08. The van der Waals surface area contributed by atoms with Crippen LogP contribution in [0.2, 0.25) is 0 Å². The van der Waals surface area contributed by atoms with Gasteiger partial charge in [0.25, 0.3) is 0 Å². The highest BCUT2D eigenvalue weighted by Crippen LogP contribution is 2.18. The zero-order chi connectivity index (χ0) is 14.1. The van der Waals surface area contributed by atoms with Gasteiger partial charge in [0.15, 0.2) is 0 Å². The number of thioether (sulfide) groups is 1. The molecule has 106 valence electrons. The van der Waals surface area contributed by atoms with Crippen LogP contribution in [0.1, 0.15) is 33.1 Å². The second kappa shape index (κ2) is 8.23.